The molecule has 4 unspecified atom stereocenters. The molecule has 1 aliphatic carbocycles. The molecule has 4 atom stereocenters. The lowest BCUT2D eigenvalue weighted by Crippen LogP contribution is -2.30. The number of aryl methyl sites for hydroxylation is 1. The second kappa shape index (κ2) is 7.11. The summed E-state index contributed by atoms with van der Waals surface area (Å²) in [6.45, 7) is 11.1. The van der Waals surface area contributed by atoms with Crippen molar-refractivity contribution in [1.29, 1.82) is 0 Å². The summed E-state index contributed by atoms with van der Waals surface area (Å²) < 4.78 is 0. The maximum absolute atomic E-state index is 11.8. The van der Waals surface area contributed by atoms with Gasteiger partial charge >= 0.3 is 5.97 Å². The molecular weight excluding hydrogens is 320 g/mol. The molecule has 0 saturated heterocycles. The zero-order valence-corrected chi connectivity index (χ0v) is 16.3. The van der Waals surface area contributed by atoms with Crippen molar-refractivity contribution in [2.45, 2.75) is 46.5 Å². The number of allylic oxidation sites excluding steroid dienone is 1. The van der Waals surface area contributed by atoms with Crippen molar-refractivity contribution < 1.29 is 9.90 Å². The lowest BCUT2D eigenvalue weighted by molar-refractivity contribution is 0.0696. The van der Waals surface area contributed by atoms with Crippen LogP contribution in [0.5, 0.6) is 0 Å². The average Bonchev–Trinajstić information content (AvgIpc) is 2.61. The Morgan fingerprint density at radius 3 is 2.31 bits per heavy atom. The second-order valence-corrected chi connectivity index (χ2v) is 7.68. The smallest absolute Gasteiger partial charge is 0.336 e. The molecule has 0 saturated carbocycles. The number of benzene rings is 2. The van der Waals surface area contributed by atoms with Gasteiger partial charge in [-0.3, -0.25) is 0 Å². The van der Waals surface area contributed by atoms with Gasteiger partial charge in [0.05, 0.1) is 5.56 Å². The summed E-state index contributed by atoms with van der Waals surface area (Å²) in [6, 6.07) is 12.3. The van der Waals surface area contributed by atoms with E-state index in [1.54, 1.807) is 6.07 Å². The van der Waals surface area contributed by atoms with Crippen LogP contribution in [0.3, 0.4) is 0 Å². The molecule has 1 N–H and O–H groups in total. The number of fused-ring (bicyclic) bond motifs is 1. The summed E-state index contributed by atoms with van der Waals surface area (Å²) in [5.41, 5.74) is 6.48. The minimum atomic E-state index is -0.866. The summed E-state index contributed by atoms with van der Waals surface area (Å²) in [4.78, 5) is 11.8. The predicted molar refractivity (Wildman–Crippen MR) is 108 cm³/mol. The van der Waals surface area contributed by atoms with Gasteiger partial charge in [0.2, 0.25) is 0 Å². The van der Waals surface area contributed by atoms with E-state index in [9.17, 15) is 9.90 Å². The lowest BCUT2D eigenvalue weighted by atomic mass is 9.62. The highest BCUT2D eigenvalue weighted by Crippen LogP contribution is 2.50. The number of carboxylic acid groups (broad SMARTS) is 1. The average molecular weight is 348 g/mol. The zero-order valence-electron chi connectivity index (χ0n) is 16.3. The molecule has 0 radical (unpaired) electrons. The van der Waals surface area contributed by atoms with Crippen molar-refractivity contribution in [3.63, 3.8) is 0 Å². The van der Waals surface area contributed by atoms with Gasteiger partial charge in [0.25, 0.3) is 0 Å². The number of aromatic carboxylic acids is 1. The van der Waals surface area contributed by atoms with E-state index >= 15 is 0 Å². The van der Waals surface area contributed by atoms with Gasteiger partial charge in [0, 0.05) is 5.92 Å². The SMILES string of the molecule is CC=Cc1c(C(=O)O)cccc1C1c2cccc(C)c2C(C)C(C)C1C. The van der Waals surface area contributed by atoms with E-state index in [0.717, 1.165) is 11.1 Å². The van der Waals surface area contributed by atoms with Crippen LogP contribution >= 0.6 is 0 Å². The molecular formula is C24H28O2. The van der Waals surface area contributed by atoms with Crippen LogP contribution in [0, 0.1) is 18.8 Å². The van der Waals surface area contributed by atoms with Crippen LogP contribution in [-0.2, 0) is 0 Å². The first kappa shape index (κ1) is 18.4. The number of carboxylic acids is 1. The Morgan fingerprint density at radius 2 is 1.65 bits per heavy atom. The van der Waals surface area contributed by atoms with Crippen molar-refractivity contribution >= 4 is 12.0 Å². The third kappa shape index (κ3) is 2.88. The lowest BCUT2D eigenvalue weighted by Gasteiger charge is -2.42. The van der Waals surface area contributed by atoms with E-state index in [1.807, 2.05) is 25.1 Å². The molecule has 136 valence electrons. The minimum absolute atomic E-state index is 0.210. The van der Waals surface area contributed by atoms with Crippen LogP contribution in [0.4, 0.5) is 0 Å². The first-order valence-corrected chi connectivity index (χ1v) is 9.46. The van der Waals surface area contributed by atoms with E-state index < -0.39 is 5.97 Å². The quantitative estimate of drug-likeness (QED) is 0.712. The molecule has 0 aliphatic heterocycles. The van der Waals surface area contributed by atoms with E-state index in [4.69, 9.17) is 0 Å². The Hall–Kier alpha value is -2.35. The van der Waals surface area contributed by atoms with Crippen LogP contribution in [0.25, 0.3) is 6.08 Å². The van der Waals surface area contributed by atoms with Gasteiger partial charge in [-0.15, -0.1) is 0 Å². The molecule has 0 amide bonds. The molecule has 26 heavy (non-hydrogen) atoms. The third-order valence-electron chi connectivity index (χ3n) is 6.33. The number of hydrogen-bond donors (Lipinski definition) is 1. The maximum Gasteiger partial charge on any atom is 0.336 e. The van der Waals surface area contributed by atoms with Gasteiger partial charge in [-0.05, 0) is 65.5 Å². The fourth-order valence-corrected chi connectivity index (χ4v) is 4.75. The minimum Gasteiger partial charge on any atom is -0.478 e. The topological polar surface area (TPSA) is 37.3 Å². The van der Waals surface area contributed by atoms with Crippen molar-refractivity contribution in [2.75, 3.05) is 0 Å². The number of rotatable bonds is 3. The van der Waals surface area contributed by atoms with E-state index in [-0.39, 0.29) is 5.92 Å². The Labute approximate surface area is 156 Å². The second-order valence-electron chi connectivity index (χ2n) is 7.68. The van der Waals surface area contributed by atoms with Crippen LogP contribution in [0.15, 0.2) is 42.5 Å². The molecule has 0 fully saturated rings. The first-order valence-electron chi connectivity index (χ1n) is 9.46. The largest absolute Gasteiger partial charge is 0.478 e. The number of hydrogen-bond acceptors (Lipinski definition) is 1. The highest BCUT2D eigenvalue weighted by Gasteiger charge is 2.38. The molecule has 2 heteroatoms. The standard InChI is InChI=1S/C24H28O2/c1-6-9-18-19(11-8-12-20(18)24(25)26)23-17(5)15(3)16(4)22-14(2)10-7-13-21(22)23/h6-13,15-17,23H,1-5H3,(H,25,26). The van der Waals surface area contributed by atoms with Crippen molar-refractivity contribution in [2.24, 2.45) is 11.8 Å². The Bertz CT molecular complexity index is 863. The van der Waals surface area contributed by atoms with Gasteiger partial charge in [0.15, 0.2) is 0 Å². The zero-order chi connectivity index (χ0) is 19.0. The fourth-order valence-electron chi connectivity index (χ4n) is 4.75. The Balaban J connectivity index is 2.31. The van der Waals surface area contributed by atoms with Crippen LogP contribution in [-0.4, -0.2) is 11.1 Å². The van der Waals surface area contributed by atoms with Gasteiger partial charge in [-0.2, -0.15) is 0 Å². The van der Waals surface area contributed by atoms with Crippen LogP contribution in [0.1, 0.15) is 77.7 Å². The van der Waals surface area contributed by atoms with Crippen LogP contribution < -0.4 is 0 Å². The van der Waals surface area contributed by atoms with Gasteiger partial charge in [0.1, 0.15) is 0 Å². The van der Waals surface area contributed by atoms with Gasteiger partial charge in [-0.1, -0.05) is 63.3 Å². The molecule has 0 bridgehead atoms. The summed E-state index contributed by atoms with van der Waals surface area (Å²) in [6.07, 6.45) is 3.88. The molecule has 0 spiro atoms. The third-order valence-corrected chi connectivity index (χ3v) is 6.33. The fraction of sp³-hybridized carbons (Fsp3) is 0.375. The predicted octanol–water partition coefficient (Wildman–Crippen LogP) is 6.25. The first-order chi connectivity index (χ1) is 12.4. The molecule has 2 aromatic carbocycles. The molecule has 2 nitrogen and oxygen atoms in total. The van der Waals surface area contributed by atoms with E-state index in [1.165, 1.54) is 16.7 Å². The maximum atomic E-state index is 11.8. The molecule has 3 rings (SSSR count). The summed E-state index contributed by atoms with van der Waals surface area (Å²) in [5.74, 6) is 0.814. The van der Waals surface area contributed by atoms with E-state index in [0.29, 0.717) is 23.3 Å². The molecule has 0 heterocycles. The van der Waals surface area contributed by atoms with Gasteiger partial charge < -0.3 is 5.11 Å². The summed E-state index contributed by atoms with van der Waals surface area (Å²) in [5, 5.41) is 9.68. The van der Waals surface area contributed by atoms with Crippen molar-refractivity contribution in [1.82, 2.24) is 0 Å². The normalized spacial score (nSPS) is 25.3. The van der Waals surface area contributed by atoms with Crippen molar-refractivity contribution in [3.8, 4) is 0 Å². The van der Waals surface area contributed by atoms with Crippen LogP contribution in [0.2, 0.25) is 0 Å². The molecule has 0 aromatic heterocycles. The Morgan fingerprint density at radius 1 is 1.00 bits per heavy atom. The van der Waals surface area contributed by atoms with Crippen molar-refractivity contribution in [3.05, 3.63) is 75.9 Å². The number of carbonyl (C=O) groups is 1. The Kier molecular flexibility index (Phi) is 5.04. The summed E-state index contributed by atoms with van der Waals surface area (Å²) >= 11 is 0. The monoisotopic (exact) mass is 348 g/mol. The van der Waals surface area contributed by atoms with E-state index in [2.05, 4.69) is 52.0 Å². The summed E-state index contributed by atoms with van der Waals surface area (Å²) in [7, 11) is 0. The van der Waals surface area contributed by atoms with Gasteiger partial charge in [-0.25, -0.2) is 4.79 Å². The highest BCUT2D eigenvalue weighted by molar-refractivity contribution is 5.93. The molecule has 2 aromatic rings. The molecule has 1 aliphatic rings. The highest BCUT2D eigenvalue weighted by atomic mass is 16.4.